The second kappa shape index (κ2) is 9.77. The van der Waals surface area contributed by atoms with Crippen LogP contribution in [0.2, 0.25) is 0 Å². The molecule has 2 unspecified atom stereocenters. The van der Waals surface area contributed by atoms with Crippen LogP contribution in [0.3, 0.4) is 0 Å². The Morgan fingerprint density at radius 1 is 1.50 bits per heavy atom. The molecule has 2 saturated heterocycles. The van der Waals surface area contributed by atoms with Gasteiger partial charge in [-0.1, -0.05) is 0 Å². The average Bonchev–Trinajstić information content (AvgIpc) is 2.99. The van der Waals surface area contributed by atoms with Crippen molar-refractivity contribution >= 4 is 35.4 Å². The van der Waals surface area contributed by atoms with Crippen molar-refractivity contribution in [2.45, 2.75) is 30.9 Å². The van der Waals surface area contributed by atoms with Crippen LogP contribution in [0.15, 0.2) is 4.99 Å². The molecule has 2 rings (SSSR count). The van der Waals surface area contributed by atoms with E-state index in [4.69, 9.17) is 4.74 Å². The van der Waals surface area contributed by atoms with E-state index in [1.54, 1.807) is 30.8 Å². The zero-order chi connectivity index (χ0) is 17.4. The number of ether oxygens (including phenoxy) is 1. The van der Waals surface area contributed by atoms with Crippen LogP contribution < -0.4 is 10.6 Å². The fourth-order valence-electron chi connectivity index (χ4n) is 2.92. The number of amides is 1. The molecule has 0 aliphatic carbocycles. The number of thioether (sulfide) groups is 2. The van der Waals surface area contributed by atoms with Gasteiger partial charge in [0.25, 0.3) is 0 Å². The maximum Gasteiger partial charge on any atom is 0.243 e. The van der Waals surface area contributed by atoms with Gasteiger partial charge in [-0.05, 0) is 31.3 Å². The lowest BCUT2D eigenvalue weighted by Crippen LogP contribution is -2.52. The highest BCUT2D eigenvalue weighted by Gasteiger charge is 2.40. The van der Waals surface area contributed by atoms with Crippen molar-refractivity contribution in [3.8, 4) is 0 Å². The molecule has 6 nitrogen and oxygen atoms in total. The standard InChI is InChI=1S/C16H30N4O2S2/c1-20(2)14(21)11-18-15(17-6-9-23-3)19-13-4-7-22-16(10-13)5-8-24-12-16/h13H,4-12H2,1-3H3,(H2,17,18,19). The van der Waals surface area contributed by atoms with Gasteiger partial charge in [-0.25, -0.2) is 4.99 Å². The van der Waals surface area contributed by atoms with Gasteiger partial charge < -0.3 is 20.3 Å². The van der Waals surface area contributed by atoms with E-state index in [0.29, 0.717) is 6.04 Å². The van der Waals surface area contributed by atoms with Gasteiger partial charge >= 0.3 is 0 Å². The highest BCUT2D eigenvalue weighted by Crippen LogP contribution is 2.38. The summed E-state index contributed by atoms with van der Waals surface area (Å²) in [7, 11) is 3.51. The summed E-state index contributed by atoms with van der Waals surface area (Å²) in [5.74, 6) is 4.05. The van der Waals surface area contributed by atoms with Gasteiger partial charge in [0.2, 0.25) is 5.91 Å². The molecule has 0 aromatic rings. The third-order valence-electron chi connectivity index (χ3n) is 4.37. The van der Waals surface area contributed by atoms with E-state index in [1.807, 2.05) is 11.8 Å². The Morgan fingerprint density at radius 3 is 3.00 bits per heavy atom. The number of hydrogen-bond donors (Lipinski definition) is 2. The molecule has 8 heteroatoms. The number of nitrogens with zero attached hydrogens (tertiary/aromatic N) is 2. The Balaban J connectivity index is 1.92. The van der Waals surface area contributed by atoms with Gasteiger partial charge in [0.15, 0.2) is 5.96 Å². The molecule has 24 heavy (non-hydrogen) atoms. The smallest absolute Gasteiger partial charge is 0.243 e. The molecule has 2 atom stereocenters. The molecule has 2 N–H and O–H groups in total. The van der Waals surface area contributed by atoms with Gasteiger partial charge in [0.1, 0.15) is 6.54 Å². The predicted octanol–water partition coefficient (Wildman–Crippen LogP) is 1.03. The number of rotatable bonds is 6. The topological polar surface area (TPSA) is 66.0 Å². The Hall–Kier alpha value is -0.600. The summed E-state index contributed by atoms with van der Waals surface area (Å²) >= 11 is 3.77. The SMILES string of the molecule is CSCCNC(=NCC(=O)N(C)C)NC1CCOC2(CCSC2)C1. The normalized spacial score (nSPS) is 27.3. The molecular weight excluding hydrogens is 344 g/mol. The molecule has 0 aromatic heterocycles. The Labute approximate surface area is 153 Å². The summed E-state index contributed by atoms with van der Waals surface area (Å²) in [5, 5.41) is 6.87. The number of likely N-dealkylation sites (N-methyl/N-ethyl adjacent to an activating group) is 1. The van der Waals surface area contributed by atoms with Crippen LogP contribution in [-0.4, -0.2) is 85.7 Å². The van der Waals surface area contributed by atoms with Crippen LogP contribution >= 0.6 is 23.5 Å². The number of nitrogens with one attached hydrogen (secondary N) is 2. The monoisotopic (exact) mass is 374 g/mol. The van der Waals surface area contributed by atoms with E-state index < -0.39 is 0 Å². The van der Waals surface area contributed by atoms with Gasteiger partial charge in [-0.2, -0.15) is 23.5 Å². The molecule has 2 fully saturated rings. The lowest BCUT2D eigenvalue weighted by atomic mass is 9.90. The number of carbonyl (C=O) groups excluding carboxylic acids is 1. The quantitative estimate of drug-likeness (QED) is 0.411. The van der Waals surface area contributed by atoms with E-state index in [0.717, 1.165) is 49.9 Å². The summed E-state index contributed by atoms with van der Waals surface area (Å²) in [6.07, 6.45) is 5.23. The first-order valence-electron chi connectivity index (χ1n) is 8.50. The molecule has 2 heterocycles. The van der Waals surface area contributed by atoms with Gasteiger partial charge in [-0.15, -0.1) is 0 Å². The molecule has 138 valence electrons. The first-order valence-corrected chi connectivity index (χ1v) is 11.1. The molecule has 0 bridgehead atoms. The summed E-state index contributed by atoms with van der Waals surface area (Å²) in [6, 6.07) is 0.354. The van der Waals surface area contributed by atoms with E-state index in [-0.39, 0.29) is 18.1 Å². The Morgan fingerprint density at radius 2 is 2.33 bits per heavy atom. The molecule has 0 saturated carbocycles. The van der Waals surface area contributed by atoms with Crippen LogP contribution in [0.5, 0.6) is 0 Å². The summed E-state index contributed by atoms with van der Waals surface area (Å²) < 4.78 is 6.08. The maximum atomic E-state index is 11.8. The van der Waals surface area contributed by atoms with Crippen molar-refractivity contribution in [2.75, 3.05) is 57.3 Å². The van der Waals surface area contributed by atoms with Crippen molar-refractivity contribution in [3.63, 3.8) is 0 Å². The molecule has 1 spiro atoms. The first kappa shape index (κ1) is 19.7. The fraction of sp³-hybridized carbons (Fsp3) is 0.875. The van der Waals surface area contributed by atoms with Crippen LogP contribution in [-0.2, 0) is 9.53 Å². The molecule has 0 aromatic carbocycles. The van der Waals surface area contributed by atoms with Gasteiger partial charge in [0.05, 0.1) is 5.60 Å². The maximum absolute atomic E-state index is 11.8. The largest absolute Gasteiger partial charge is 0.374 e. The van der Waals surface area contributed by atoms with Gasteiger partial charge in [-0.3, -0.25) is 4.79 Å². The molecule has 2 aliphatic rings. The van der Waals surface area contributed by atoms with Crippen LogP contribution in [0.4, 0.5) is 0 Å². The van der Waals surface area contributed by atoms with Crippen molar-refractivity contribution in [1.29, 1.82) is 0 Å². The molecular formula is C16H30N4O2S2. The zero-order valence-corrected chi connectivity index (χ0v) is 16.6. The third-order valence-corrected chi connectivity index (χ3v) is 6.21. The van der Waals surface area contributed by atoms with E-state index in [9.17, 15) is 4.79 Å². The molecule has 1 amide bonds. The highest BCUT2D eigenvalue weighted by molar-refractivity contribution is 7.99. The highest BCUT2D eigenvalue weighted by atomic mass is 32.2. The fourth-order valence-corrected chi connectivity index (χ4v) is 4.60. The lowest BCUT2D eigenvalue weighted by Gasteiger charge is -2.38. The van der Waals surface area contributed by atoms with Crippen LogP contribution in [0.1, 0.15) is 19.3 Å². The third kappa shape index (κ3) is 6.04. The van der Waals surface area contributed by atoms with E-state index >= 15 is 0 Å². The average molecular weight is 375 g/mol. The van der Waals surface area contributed by atoms with Crippen molar-refractivity contribution in [3.05, 3.63) is 0 Å². The minimum Gasteiger partial charge on any atom is -0.374 e. The number of carbonyl (C=O) groups is 1. The molecule has 2 aliphatic heterocycles. The predicted molar refractivity (Wildman–Crippen MR) is 104 cm³/mol. The first-order chi connectivity index (χ1) is 11.5. The zero-order valence-electron chi connectivity index (χ0n) is 15.0. The van der Waals surface area contributed by atoms with Crippen molar-refractivity contribution in [2.24, 2.45) is 4.99 Å². The lowest BCUT2D eigenvalue weighted by molar-refractivity contribution is -0.127. The summed E-state index contributed by atoms with van der Waals surface area (Å²) in [4.78, 5) is 17.9. The number of aliphatic imine (C=N–C) groups is 1. The van der Waals surface area contributed by atoms with Gasteiger partial charge in [0, 0.05) is 44.8 Å². The van der Waals surface area contributed by atoms with Crippen LogP contribution in [0, 0.1) is 0 Å². The summed E-state index contributed by atoms with van der Waals surface area (Å²) in [5.41, 5.74) is 0.0461. The molecule has 0 radical (unpaired) electrons. The second-order valence-corrected chi connectivity index (χ2v) is 8.63. The number of guanidine groups is 1. The Bertz CT molecular complexity index is 440. The Kier molecular flexibility index (Phi) is 8.03. The number of hydrogen-bond acceptors (Lipinski definition) is 5. The van der Waals surface area contributed by atoms with E-state index in [2.05, 4.69) is 21.9 Å². The van der Waals surface area contributed by atoms with E-state index in [1.165, 1.54) is 5.75 Å². The van der Waals surface area contributed by atoms with Crippen LogP contribution in [0.25, 0.3) is 0 Å². The van der Waals surface area contributed by atoms with Crippen molar-refractivity contribution in [1.82, 2.24) is 15.5 Å². The van der Waals surface area contributed by atoms with Crippen molar-refractivity contribution < 1.29 is 9.53 Å². The minimum absolute atomic E-state index is 0.0107. The minimum atomic E-state index is 0.0107. The second-order valence-electron chi connectivity index (χ2n) is 6.54. The summed E-state index contributed by atoms with van der Waals surface area (Å²) in [6.45, 7) is 1.81.